The number of aryl methyl sites for hydroxylation is 2. The van der Waals surface area contributed by atoms with Crippen molar-refractivity contribution in [3.63, 3.8) is 0 Å². The Morgan fingerprint density at radius 1 is 0.833 bits per heavy atom. The van der Waals surface area contributed by atoms with Gasteiger partial charge in [-0.1, -0.05) is 89.9 Å². The SMILES string of the molecule is CC(C)CC(=O)/C=C(\O)CC(C)C.Cc1c[c-]c2c(c1)-c1cc(CC(C)C)ccc1-c1cc(C)cc3ccnc-2c13.[Ir]. The summed E-state index contributed by atoms with van der Waals surface area (Å²) in [5.41, 5.74) is 11.2. The van der Waals surface area contributed by atoms with Crippen LogP contribution in [0.3, 0.4) is 0 Å². The number of allylic oxidation sites excluding steroid dienone is 2. The summed E-state index contributed by atoms with van der Waals surface area (Å²) in [6.45, 7) is 16.9. The van der Waals surface area contributed by atoms with E-state index in [1.54, 1.807) is 0 Å². The number of carbonyl (C=O) groups excluding carboxylic acids is 1. The van der Waals surface area contributed by atoms with Crippen molar-refractivity contribution in [1.29, 1.82) is 0 Å². The Kier molecular flexibility index (Phi) is 11.5. The molecule has 3 nitrogen and oxygen atoms in total. The third-order valence-corrected chi connectivity index (χ3v) is 7.19. The monoisotopic (exact) mass is 739 g/mol. The zero-order chi connectivity index (χ0) is 29.8. The van der Waals surface area contributed by atoms with E-state index in [0.717, 1.165) is 17.7 Å². The standard InChI is InChI=1S/C27H24N.C11H20O2.Ir/c1-16(2)11-19-6-8-21-24(15-19)23-13-17(3)5-7-22(23)27-26-20(9-10-28-27)12-18(4)14-25(21)26;1-8(2)5-10(12)7-11(13)6-9(3)4;/h5-6,8-10,12-16H,11H2,1-4H3;7-9,12H,5-6H2,1-4H3;/q-1;;/b;10-7-;. The van der Waals surface area contributed by atoms with E-state index >= 15 is 0 Å². The van der Waals surface area contributed by atoms with Gasteiger partial charge in [-0.05, 0) is 75.9 Å². The molecule has 1 radical (unpaired) electrons. The minimum Gasteiger partial charge on any atom is -0.512 e. The minimum atomic E-state index is 0. The Hall–Kier alpha value is -3.07. The van der Waals surface area contributed by atoms with E-state index in [-0.39, 0.29) is 31.6 Å². The van der Waals surface area contributed by atoms with Crippen LogP contribution in [0.4, 0.5) is 0 Å². The maximum atomic E-state index is 11.2. The zero-order valence-corrected chi connectivity index (χ0v) is 28.7. The summed E-state index contributed by atoms with van der Waals surface area (Å²) in [6, 6.07) is 21.6. The topological polar surface area (TPSA) is 50.2 Å². The molecule has 223 valence electrons. The minimum absolute atomic E-state index is 0. The van der Waals surface area contributed by atoms with Gasteiger partial charge in [0, 0.05) is 45.2 Å². The van der Waals surface area contributed by atoms with Crippen LogP contribution in [0.1, 0.15) is 71.1 Å². The van der Waals surface area contributed by atoms with E-state index in [1.165, 1.54) is 55.8 Å². The molecule has 4 heteroatoms. The molecule has 0 atom stereocenters. The maximum Gasteiger partial charge on any atom is 0.159 e. The molecule has 0 saturated carbocycles. The van der Waals surface area contributed by atoms with Crippen molar-refractivity contribution in [1.82, 2.24) is 4.98 Å². The molecule has 0 amide bonds. The van der Waals surface area contributed by atoms with Crippen LogP contribution < -0.4 is 0 Å². The Morgan fingerprint density at radius 3 is 2.19 bits per heavy atom. The first-order valence-corrected chi connectivity index (χ1v) is 14.9. The summed E-state index contributed by atoms with van der Waals surface area (Å²) in [4.78, 5) is 16.0. The molecule has 4 aromatic rings. The van der Waals surface area contributed by atoms with E-state index in [1.807, 2.05) is 33.9 Å². The van der Waals surface area contributed by atoms with Gasteiger partial charge in [-0.3, -0.25) is 4.79 Å². The first-order valence-electron chi connectivity index (χ1n) is 14.9. The summed E-state index contributed by atoms with van der Waals surface area (Å²) in [5, 5.41) is 11.8. The molecule has 5 rings (SSSR count). The Bertz CT molecular complexity index is 1600. The van der Waals surface area contributed by atoms with Crippen LogP contribution in [0.25, 0.3) is 44.3 Å². The van der Waals surface area contributed by atoms with Gasteiger partial charge in [-0.2, -0.15) is 0 Å². The number of carbonyl (C=O) groups is 1. The van der Waals surface area contributed by atoms with Crippen molar-refractivity contribution in [2.45, 2.75) is 74.7 Å². The first-order chi connectivity index (χ1) is 19.4. The molecule has 1 aliphatic rings. The van der Waals surface area contributed by atoms with Gasteiger partial charge in [0.15, 0.2) is 5.78 Å². The second-order valence-electron chi connectivity index (χ2n) is 12.8. The predicted molar refractivity (Wildman–Crippen MR) is 173 cm³/mol. The molecular weight excluding hydrogens is 695 g/mol. The summed E-state index contributed by atoms with van der Waals surface area (Å²) < 4.78 is 0. The Balaban J connectivity index is 0.000000297. The number of hydrogen-bond donors (Lipinski definition) is 1. The van der Waals surface area contributed by atoms with Gasteiger partial charge in [0.1, 0.15) is 0 Å². The van der Waals surface area contributed by atoms with Crippen LogP contribution in [0.2, 0.25) is 0 Å². The van der Waals surface area contributed by atoms with Gasteiger partial charge >= 0.3 is 0 Å². The van der Waals surface area contributed by atoms with Crippen molar-refractivity contribution >= 4 is 16.6 Å². The molecule has 0 unspecified atom stereocenters. The average molecular weight is 739 g/mol. The summed E-state index contributed by atoms with van der Waals surface area (Å²) in [6.07, 6.45) is 5.48. The molecule has 1 N–H and O–H groups in total. The van der Waals surface area contributed by atoms with Crippen molar-refractivity contribution in [2.24, 2.45) is 17.8 Å². The van der Waals surface area contributed by atoms with E-state index < -0.39 is 0 Å². The van der Waals surface area contributed by atoms with Gasteiger partial charge in [-0.25, -0.2) is 0 Å². The van der Waals surface area contributed by atoms with Crippen molar-refractivity contribution in [3.05, 3.63) is 89.3 Å². The van der Waals surface area contributed by atoms with Crippen LogP contribution in [0, 0.1) is 37.7 Å². The molecule has 0 spiro atoms. The van der Waals surface area contributed by atoms with Crippen LogP contribution in [0.15, 0.2) is 66.6 Å². The van der Waals surface area contributed by atoms with Crippen LogP contribution in [0.5, 0.6) is 0 Å². The number of hydrogen-bond acceptors (Lipinski definition) is 3. The average Bonchev–Trinajstić information content (AvgIpc) is 2.97. The van der Waals surface area contributed by atoms with Gasteiger partial charge in [0.2, 0.25) is 0 Å². The Morgan fingerprint density at radius 2 is 1.52 bits per heavy atom. The smallest absolute Gasteiger partial charge is 0.159 e. The van der Waals surface area contributed by atoms with Gasteiger partial charge in [-0.15, -0.1) is 29.3 Å². The molecule has 1 aromatic heterocycles. The first kappa shape index (κ1) is 33.4. The molecule has 0 saturated heterocycles. The number of aliphatic hydroxyl groups is 1. The number of ketones is 1. The van der Waals surface area contributed by atoms with Crippen LogP contribution in [-0.2, 0) is 31.3 Å². The third kappa shape index (κ3) is 8.06. The number of nitrogens with zero attached hydrogens (tertiary/aromatic N) is 1. The number of rotatable bonds is 7. The fourth-order valence-electron chi connectivity index (χ4n) is 5.65. The predicted octanol–water partition coefficient (Wildman–Crippen LogP) is 10.3. The van der Waals surface area contributed by atoms with E-state index in [0.29, 0.717) is 30.6 Å². The van der Waals surface area contributed by atoms with Crippen molar-refractivity contribution in [2.75, 3.05) is 0 Å². The number of aliphatic hydroxyl groups excluding tert-OH is 1. The maximum absolute atomic E-state index is 11.2. The molecular formula is C38H44IrNO2-. The molecule has 42 heavy (non-hydrogen) atoms. The van der Waals surface area contributed by atoms with Gasteiger partial charge in [0.25, 0.3) is 0 Å². The van der Waals surface area contributed by atoms with E-state index in [4.69, 9.17) is 4.98 Å². The fourth-order valence-corrected chi connectivity index (χ4v) is 5.65. The summed E-state index contributed by atoms with van der Waals surface area (Å²) >= 11 is 0. The fraction of sp³-hybridized carbons (Fsp3) is 0.368. The van der Waals surface area contributed by atoms with Crippen LogP contribution in [-0.4, -0.2) is 15.9 Å². The second kappa shape index (κ2) is 14.4. The van der Waals surface area contributed by atoms with Gasteiger partial charge < -0.3 is 10.1 Å². The molecule has 3 aromatic carbocycles. The van der Waals surface area contributed by atoms with Gasteiger partial charge in [0.05, 0.1) is 5.76 Å². The Labute approximate surface area is 265 Å². The number of benzene rings is 3. The number of pyridine rings is 1. The van der Waals surface area contributed by atoms with Crippen LogP contribution >= 0.6 is 0 Å². The normalized spacial score (nSPS) is 11.9. The number of aromatic nitrogens is 1. The largest absolute Gasteiger partial charge is 0.512 e. The summed E-state index contributed by atoms with van der Waals surface area (Å²) in [7, 11) is 0. The summed E-state index contributed by atoms with van der Waals surface area (Å²) in [5.74, 6) is 1.62. The van der Waals surface area contributed by atoms with E-state index in [9.17, 15) is 9.90 Å². The molecule has 0 bridgehead atoms. The number of fused-ring (bicyclic) bond motifs is 5. The molecule has 0 aliphatic heterocycles. The molecule has 1 heterocycles. The molecule has 1 aliphatic carbocycles. The van der Waals surface area contributed by atoms with Crippen molar-refractivity contribution in [3.8, 4) is 33.5 Å². The third-order valence-electron chi connectivity index (χ3n) is 7.19. The zero-order valence-electron chi connectivity index (χ0n) is 26.3. The molecule has 0 fully saturated rings. The van der Waals surface area contributed by atoms with Crippen molar-refractivity contribution < 1.29 is 30.0 Å². The quantitative estimate of drug-likeness (QED) is 0.103. The second-order valence-corrected chi connectivity index (χ2v) is 12.8. The van der Waals surface area contributed by atoms with E-state index in [2.05, 4.69) is 82.3 Å².